The fraction of sp³-hybridized carbons (Fsp3) is 0.385. The van der Waals surface area contributed by atoms with E-state index < -0.39 is 5.54 Å². The molecule has 0 atom stereocenters. The van der Waals surface area contributed by atoms with Crippen molar-refractivity contribution in [2.75, 3.05) is 0 Å². The van der Waals surface area contributed by atoms with Gasteiger partial charge >= 0.3 is 0 Å². The maximum absolute atomic E-state index is 12.0. The molecule has 0 aromatic heterocycles. The summed E-state index contributed by atoms with van der Waals surface area (Å²) >= 11 is 3.33. The highest BCUT2D eigenvalue weighted by molar-refractivity contribution is 9.10. The lowest BCUT2D eigenvalue weighted by atomic mass is 9.99. The Kier molecular flexibility index (Phi) is 3.49. The summed E-state index contributed by atoms with van der Waals surface area (Å²) in [6.07, 6.45) is 3.52. The van der Waals surface area contributed by atoms with E-state index in [0.717, 1.165) is 30.2 Å². The van der Waals surface area contributed by atoms with Crippen molar-refractivity contribution in [1.82, 2.24) is 5.32 Å². The zero-order valence-corrected chi connectivity index (χ0v) is 11.0. The summed E-state index contributed by atoms with van der Waals surface area (Å²) in [5.74, 6) is -0.172. The van der Waals surface area contributed by atoms with Crippen molar-refractivity contribution in [2.45, 2.75) is 31.2 Å². The molecule has 1 aromatic rings. The Morgan fingerprint density at radius 3 is 2.71 bits per heavy atom. The number of rotatable bonds is 2. The average molecular weight is 293 g/mol. The zero-order valence-electron chi connectivity index (χ0n) is 9.37. The fourth-order valence-electron chi connectivity index (χ4n) is 2.16. The van der Waals surface area contributed by atoms with Crippen LogP contribution in [-0.4, -0.2) is 11.4 Å². The quantitative estimate of drug-likeness (QED) is 0.911. The number of carbonyl (C=O) groups excluding carboxylic acids is 1. The summed E-state index contributed by atoms with van der Waals surface area (Å²) in [6, 6.07) is 9.44. The Labute approximate surface area is 109 Å². The van der Waals surface area contributed by atoms with Crippen LogP contribution < -0.4 is 5.32 Å². The van der Waals surface area contributed by atoms with Gasteiger partial charge in [-0.15, -0.1) is 0 Å². The molecular formula is C13H13BrN2O. The molecule has 1 amide bonds. The van der Waals surface area contributed by atoms with Crippen molar-refractivity contribution in [3.8, 4) is 6.07 Å². The van der Waals surface area contributed by atoms with Crippen LogP contribution >= 0.6 is 15.9 Å². The predicted molar refractivity (Wildman–Crippen MR) is 68.4 cm³/mol. The number of benzene rings is 1. The molecular weight excluding hydrogens is 280 g/mol. The number of nitriles is 1. The van der Waals surface area contributed by atoms with Crippen LogP contribution in [0.25, 0.3) is 0 Å². The van der Waals surface area contributed by atoms with Crippen LogP contribution in [0.15, 0.2) is 28.7 Å². The summed E-state index contributed by atoms with van der Waals surface area (Å²) in [4.78, 5) is 12.0. The smallest absolute Gasteiger partial charge is 0.252 e. The summed E-state index contributed by atoms with van der Waals surface area (Å²) in [5.41, 5.74) is -0.0692. The van der Waals surface area contributed by atoms with Gasteiger partial charge in [0.05, 0.1) is 6.07 Å². The van der Waals surface area contributed by atoms with E-state index in [1.165, 1.54) is 0 Å². The molecule has 17 heavy (non-hydrogen) atoms. The molecule has 1 saturated carbocycles. The number of halogens is 1. The van der Waals surface area contributed by atoms with Crippen molar-refractivity contribution in [3.63, 3.8) is 0 Å². The highest BCUT2D eigenvalue weighted by atomic mass is 79.9. The highest BCUT2D eigenvalue weighted by Crippen LogP contribution is 2.29. The molecule has 0 aliphatic heterocycles. The topological polar surface area (TPSA) is 52.9 Å². The second kappa shape index (κ2) is 4.89. The lowest BCUT2D eigenvalue weighted by Gasteiger charge is -2.21. The lowest BCUT2D eigenvalue weighted by Crippen LogP contribution is -2.45. The first kappa shape index (κ1) is 12.1. The molecule has 2 rings (SSSR count). The van der Waals surface area contributed by atoms with Crippen LogP contribution in [-0.2, 0) is 0 Å². The third-order valence-corrected chi connectivity index (χ3v) is 3.60. The summed E-state index contributed by atoms with van der Waals surface area (Å²) < 4.78 is 0.863. The van der Waals surface area contributed by atoms with Crippen molar-refractivity contribution < 1.29 is 4.79 Å². The van der Waals surface area contributed by atoms with Crippen molar-refractivity contribution in [3.05, 3.63) is 34.3 Å². The Morgan fingerprint density at radius 2 is 2.12 bits per heavy atom. The van der Waals surface area contributed by atoms with Crippen LogP contribution in [0, 0.1) is 11.3 Å². The zero-order chi connectivity index (χ0) is 12.3. The Bertz CT molecular complexity index is 473. The van der Waals surface area contributed by atoms with E-state index in [-0.39, 0.29) is 5.91 Å². The van der Waals surface area contributed by atoms with E-state index in [9.17, 15) is 10.1 Å². The van der Waals surface area contributed by atoms with Crippen molar-refractivity contribution >= 4 is 21.8 Å². The Morgan fingerprint density at radius 1 is 1.41 bits per heavy atom. The molecule has 0 saturated heterocycles. The van der Waals surface area contributed by atoms with E-state index in [2.05, 4.69) is 27.3 Å². The van der Waals surface area contributed by atoms with E-state index in [0.29, 0.717) is 5.56 Å². The Balaban J connectivity index is 2.14. The van der Waals surface area contributed by atoms with Gasteiger partial charge in [-0.3, -0.25) is 4.79 Å². The van der Waals surface area contributed by atoms with Gasteiger partial charge < -0.3 is 5.32 Å². The third-order valence-electron chi connectivity index (χ3n) is 3.11. The first-order chi connectivity index (χ1) is 8.15. The van der Waals surface area contributed by atoms with Gasteiger partial charge in [0, 0.05) is 10.0 Å². The van der Waals surface area contributed by atoms with Crippen LogP contribution in [0.5, 0.6) is 0 Å². The molecule has 1 N–H and O–H groups in total. The minimum absolute atomic E-state index is 0.172. The largest absolute Gasteiger partial charge is 0.334 e. The molecule has 1 aliphatic rings. The second-order valence-corrected chi connectivity index (χ2v) is 5.28. The highest BCUT2D eigenvalue weighted by Gasteiger charge is 2.35. The van der Waals surface area contributed by atoms with Crippen molar-refractivity contribution in [1.29, 1.82) is 5.26 Å². The van der Waals surface area contributed by atoms with Crippen LogP contribution in [0.1, 0.15) is 36.0 Å². The van der Waals surface area contributed by atoms with Crippen molar-refractivity contribution in [2.24, 2.45) is 0 Å². The molecule has 4 heteroatoms. The molecule has 1 aromatic carbocycles. The molecule has 0 unspecified atom stereocenters. The average Bonchev–Trinajstić information content (AvgIpc) is 2.78. The van der Waals surface area contributed by atoms with E-state index in [4.69, 9.17) is 0 Å². The molecule has 0 spiro atoms. The SMILES string of the molecule is N#CC1(NC(=O)c2cccc(Br)c2)CCCC1. The van der Waals surface area contributed by atoms with Gasteiger partial charge in [0.15, 0.2) is 0 Å². The number of hydrogen-bond acceptors (Lipinski definition) is 2. The predicted octanol–water partition coefficient (Wildman–Crippen LogP) is 3.02. The first-order valence-electron chi connectivity index (χ1n) is 5.65. The van der Waals surface area contributed by atoms with Crippen LogP contribution in [0.2, 0.25) is 0 Å². The van der Waals surface area contributed by atoms with Gasteiger partial charge in [0.25, 0.3) is 5.91 Å². The fourth-order valence-corrected chi connectivity index (χ4v) is 2.56. The maximum Gasteiger partial charge on any atom is 0.252 e. The van der Waals surface area contributed by atoms with Gasteiger partial charge in [0.2, 0.25) is 0 Å². The summed E-state index contributed by atoms with van der Waals surface area (Å²) in [5, 5.41) is 12.1. The monoisotopic (exact) mass is 292 g/mol. The van der Waals surface area contributed by atoms with Gasteiger partial charge in [-0.25, -0.2) is 0 Å². The summed E-state index contributed by atoms with van der Waals surface area (Å²) in [7, 11) is 0. The number of nitrogens with zero attached hydrogens (tertiary/aromatic N) is 1. The number of carbonyl (C=O) groups is 1. The van der Waals surface area contributed by atoms with E-state index in [1.807, 2.05) is 12.1 Å². The summed E-state index contributed by atoms with van der Waals surface area (Å²) in [6.45, 7) is 0. The number of amides is 1. The molecule has 0 heterocycles. The second-order valence-electron chi connectivity index (χ2n) is 4.37. The van der Waals surface area contributed by atoms with Crippen LogP contribution in [0.4, 0.5) is 0 Å². The molecule has 1 fully saturated rings. The minimum Gasteiger partial charge on any atom is -0.334 e. The third kappa shape index (κ3) is 2.67. The Hall–Kier alpha value is -1.34. The normalized spacial score (nSPS) is 17.4. The molecule has 0 bridgehead atoms. The molecule has 88 valence electrons. The van der Waals surface area contributed by atoms with Crippen LogP contribution in [0.3, 0.4) is 0 Å². The van der Waals surface area contributed by atoms with Gasteiger partial charge in [-0.05, 0) is 43.9 Å². The molecule has 0 radical (unpaired) electrons. The maximum atomic E-state index is 12.0. The van der Waals surface area contributed by atoms with Gasteiger partial charge in [0.1, 0.15) is 5.54 Å². The number of nitrogens with one attached hydrogen (secondary N) is 1. The van der Waals surface area contributed by atoms with E-state index in [1.54, 1.807) is 12.1 Å². The molecule has 3 nitrogen and oxygen atoms in total. The van der Waals surface area contributed by atoms with E-state index >= 15 is 0 Å². The number of hydrogen-bond donors (Lipinski definition) is 1. The first-order valence-corrected chi connectivity index (χ1v) is 6.44. The minimum atomic E-state index is -0.653. The standard InChI is InChI=1S/C13H13BrN2O/c14-11-5-3-4-10(8-11)12(17)16-13(9-15)6-1-2-7-13/h3-5,8H,1-2,6-7H2,(H,16,17). The van der Waals surface area contributed by atoms with Gasteiger partial charge in [-0.2, -0.15) is 5.26 Å². The van der Waals surface area contributed by atoms with Gasteiger partial charge in [-0.1, -0.05) is 22.0 Å². The lowest BCUT2D eigenvalue weighted by molar-refractivity contribution is 0.0920. The molecule has 1 aliphatic carbocycles.